The van der Waals surface area contributed by atoms with Gasteiger partial charge in [-0.15, -0.1) is 0 Å². The van der Waals surface area contributed by atoms with E-state index in [1.54, 1.807) is 6.08 Å². The van der Waals surface area contributed by atoms with Gasteiger partial charge in [0.25, 0.3) is 0 Å². The summed E-state index contributed by atoms with van der Waals surface area (Å²) >= 11 is 0. The molecule has 4 N–H and O–H groups in total. The topological polar surface area (TPSA) is 98.0 Å². The Balaban J connectivity index is 1.55. The molecule has 0 bridgehead atoms. The van der Waals surface area contributed by atoms with E-state index in [0.717, 1.165) is 51.4 Å². The Kier molecular flexibility index (Phi) is 6.35. The minimum absolute atomic E-state index is 0.0598. The zero-order chi connectivity index (χ0) is 22.6. The maximum Gasteiger partial charge on any atom is 0.307 e. The van der Waals surface area contributed by atoms with Gasteiger partial charge in [-0.1, -0.05) is 32.9 Å². The fraction of sp³-hybridized carbons (Fsp3) is 0.885. The minimum atomic E-state index is -0.807. The third-order valence-electron chi connectivity index (χ3n) is 10.5. The molecule has 5 nitrogen and oxygen atoms in total. The normalized spacial score (nSPS) is 50.5. The van der Waals surface area contributed by atoms with E-state index >= 15 is 0 Å². The van der Waals surface area contributed by atoms with Crippen molar-refractivity contribution in [1.29, 1.82) is 0 Å². The Morgan fingerprint density at radius 3 is 2.48 bits per heavy atom. The SMILES string of the molecule is C[C@H](C/C=C/CC(=O)O)[C@H]1CC[C@H]2[C@@H]3[C@H](O)C[C@@H]4C[C@H](O)CC[C@]4(C)[C@H]3C[C@H](O)[C@]12C. The summed E-state index contributed by atoms with van der Waals surface area (Å²) in [5.41, 5.74) is -0.0890. The lowest BCUT2D eigenvalue weighted by molar-refractivity contribution is -0.206. The van der Waals surface area contributed by atoms with Crippen LogP contribution in [0, 0.1) is 46.3 Å². The van der Waals surface area contributed by atoms with Crippen molar-refractivity contribution >= 4 is 5.97 Å². The first-order valence-electron chi connectivity index (χ1n) is 12.5. The van der Waals surface area contributed by atoms with Crippen molar-refractivity contribution in [3.8, 4) is 0 Å². The average molecular weight is 435 g/mol. The minimum Gasteiger partial charge on any atom is -0.481 e. The van der Waals surface area contributed by atoms with E-state index < -0.39 is 5.97 Å². The molecule has 0 aromatic rings. The summed E-state index contributed by atoms with van der Waals surface area (Å²) in [5.74, 6) is 1.19. The molecule has 4 aliphatic rings. The van der Waals surface area contributed by atoms with Gasteiger partial charge in [0.2, 0.25) is 0 Å². The smallest absolute Gasteiger partial charge is 0.307 e. The molecular weight excluding hydrogens is 392 g/mol. The molecule has 0 aromatic heterocycles. The van der Waals surface area contributed by atoms with Gasteiger partial charge in [-0.2, -0.15) is 0 Å². The molecule has 0 radical (unpaired) electrons. The van der Waals surface area contributed by atoms with E-state index in [9.17, 15) is 20.1 Å². The van der Waals surface area contributed by atoms with Crippen molar-refractivity contribution in [3.05, 3.63) is 12.2 Å². The fourth-order valence-electron chi connectivity index (χ4n) is 8.79. The molecule has 0 unspecified atom stereocenters. The van der Waals surface area contributed by atoms with Crippen LogP contribution in [0.4, 0.5) is 0 Å². The van der Waals surface area contributed by atoms with E-state index in [1.807, 2.05) is 6.08 Å². The monoisotopic (exact) mass is 434 g/mol. The summed E-state index contributed by atoms with van der Waals surface area (Å²) in [6.45, 7) is 6.86. The van der Waals surface area contributed by atoms with Crippen molar-refractivity contribution in [2.45, 2.75) is 96.9 Å². The van der Waals surface area contributed by atoms with E-state index in [-0.39, 0.29) is 41.5 Å². The summed E-state index contributed by atoms with van der Waals surface area (Å²) < 4.78 is 0. The molecule has 0 aliphatic heterocycles. The molecule has 0 saturated heterocycles. The second-order valence-electron chi connectivity index (χ2n) is 11.8. The molecule has 4 rings (SSSR count). The molecule has 4 aliphatic carbocycles. The maximum absolute atomic E-state index is 11.6. The van der Waals surface area contributed by atoms with Crippen LogP contribution in [0.3, 0.4) is 0 Å². The van der Waals surface area contributed by atoms with E-state index in [4.69, 9.17) is 5.11 Å². The number of allylic oxidation sites excluding steroid dienone is 1. The lowest BCUT2D eigenvalue weighted by atomic mass is 9.43. The molecule has 4 fully saturated rings. The average Bonchev–Trinajstić information content (AvgIpc) is 3.06. The van der Waals surface area contributed by atoms with Gasteiger partial charge in [0.05, 0.1) is 24.7 Å². The van der Waals surface area contributed by atoms with Crippen LogP contribution in [-0.4, -0.2) is 44.7 Å². The summed E-state index contributed by atoms with van der Waals surface area (Å²) in [6.07, 6.45) is 9.97. The van der Waals surface area contributed by atoms with Gasteiger partial charge in [-0.25, -0.2) is 0 Å². The molecule has 4 saturated carbocycles. The summed E-state index contributed by atoms with van der Waals surface area (Å²) in [4.78, 5) is 10.8. The number of aliphatic hydroxyl groups is 3. The largest absolute Gasteiger partial charge is 0.481 e. The molecule has 176 valence electrons. The Hall–Kier alpha value is -0.910. The van der Waals surface area contributed by atoms with Crippen LogP contribution >= 0.6 is 0 Å². The zero-order valence-corrected chi connectivity index (χ0v) is 19.4. The van der Waals surface area contributed by atoms with Crippen LogP contribution in [0.1, 0.15) is 78.6 Å². The van der Waals surface area contributed by atoms with E-state index in [0.29, 0.717) is 29.6 Å². The number of fused-ring (bicyclic) bond motifs is 5. The number of hydrogen-bond acceptors (Lipinski definition) is 4. The lowest BCUT2D eigenvalue weighted by Gasteiger charge is -2.63. The molecule has 31 heavy (non-hydrogen) atoms. The first kappa shape index (κ1) is 23.3. The summed E-state index contributed by atoms with van der Waals surface area (Å²) in [6, 6.07) is 0. The first-order chi connectivity index (χ1) is 14.6. The van der Waals surface area contributed by atoms with Gasteiger partial charge in [0.1, 0.15) is 0 Å². The predicted molar refractivity (Wildman–Crippen MR) is 119 cm³/mol. The summed E-state index contributed by atoms with van der Waals surface area (Å²) in [7, 11) is 0. The van der Waals surface area contributed by atoms with Crippen LogP contribution < -0.4 is 0 Å². The molecule has 5 heteroatoms. The second-order valence-corrected chi connectivity index (χ2v) is 11.8. The van der Waals surface area contributed by atoms with Gasteiger partial charge < -0.3 is 20.4 Å². The zero-order valence-electron chi connectivity index (χ0n) is 19.4. The summed E-state index contributed by atoms with van der Waals surface area (Å²) in [5, 5.41) is 42.0. The van der Waals surface area contributed by atoms with Crippen LogP contribution in [0.2, 0.25) is 0 Å². The van der Waals surface area contributed by atoms with Gasteiger partial charge in [0.15, 0.2) is 0 Å². The van der Waals surface area contributed by atoms with Crippen LogP contribution in [0.25, 0.3) is 0 Å². The highest BCUT2D eigenvalue weighted by Crippen LogP contribution is 2.68. The number of aliphatic carboxylic acids is 1. The van der Waals surface area contributed by atoms with Gasteiger partial charge in [-0.05, 0) is 97.7 Å². The molecule has 0 aromatic carbocycles. The van der Waals surface area contributed by atoms with Crippen molar-refractivity contribution in [2.75, 3.05) is 0 Å². The van der Waals surface area contributed by atoms with Crippen molar-refractivity contribution in [2.24, 2.45) is 46.3 Å². The number of hydrogen-bond donors (Lipinski definition) is 4. The number of carboxylic acids is 1. The first-order valence-corrected chi connectivity index (χ1v) is 12.5. The van der Waals surface area contributed by atoms with Crippen molar-refractivity contribution < 1.29 is 25.2 Å². The highest BCUT2D eigenvalue weighted by atomic mass is 16.4. The Bertz CT molecular complexity index is 706. The molecule has 0 heterocycles. The van der Waals surface area contributed by atoms with Crippen molar-refractivity contribution in [1.82, 2.24) is 0 Å². The van der Waals surface area contributed by atoms with Crippen LogP contribution in [-0.2, 0) is 4.79 Å². The lowest BCUT2D eigenvalue weighted by Crippen LogP contribution is -2.62. The molecule has 0 amide bonds. The third-order valence-corrected chi connectivity index (χ3v) is 10.5. The fourth-order valence-corrected chi connectivity index (χ4v) is 8.79. The third kappa shape index (κ3) is 3.79. The van der Waals surface area contributed by atoms with Gasteiger partial charge in [0, 0.05) is 0 Å². The maximum atomic E-state index is 11.6. The molecule has 11 atom stereocenters. The quantitative estimate of drug-likeness (QED) is 0.490. The second kappa shape index (κ2) is 8.46. The Morgan fingerprint density at radius 2 is 1.77 bits per heavy atom. The van der Waals surface area contributed by atoms with Crippen LogP contribution in [0.5, 0.6) is 0 Å². The number of aliphatic hydroxyl groups excluding tert-OH is 3. The standard InChI is InChI=1S/C26H42O5/c1-15(6-4-5-7-23(30)31)18-8-9-19-24-20(14-22(29)26(18,19)3)25(2)11-10-17(27)12-16(25)13-21(24)28/h4-5,15-22,24,27-29H,6-14H2,1-3H3,(H,30,31)/b5-4+/t15-,16+,17-,18-,19+,20+,21-,22+,24+,25+,26-/m1/s1. The van der Waals surface area contributed by atoms with Gasteiger partial charge in [-0.3, -0.25) is 4.79 Å². The number of carbonyl (C=O) groups is 1. The molecule has 0 spiro atoms. The van der Waals surface area contributed by atoms with Gasteiger partial charge >= 0.3 is 5.97 Å². The Labute approximate surface area is 186 Å². The number of carboxylic acid groups (broad SMARTS) is 1. The highest BCUT2D eigenvalue weighted by Gasteiger charge is 2.65. The predicted octanol–water partition coefficient (Wildman–Crippen LogP) is 4.00. The molecular formula is C26H42O5. The Morgan fingerprint density at radius 1 is 1.03 bits per heavy atom. The van der Waals surface area contributed by atoms with Crippen molar-refractivity contribution in [3.63, 3.8) is 0 Å². The van der Waals surface area contributed by atoms with E-state index in [1.165, 1.54) is 0 Å². The highest BCUT2D eigenvalue weighted by molar-refractivity contribution is 5.68. The van der Waals surface area contributed by atoms with E-state index in [2.05, 4.69) is 20.8 Å². The van der Waals surface area contributed by atoms with Crippen LogP contribution in [0.15, 0.2) is 12.2 Å². The number of rotatable bonds is 5.